The monoisotopic (exact) mass is 326 g/mol. The fourth-order valence-electron chi connectivity index (χ4n) is 1.55. The lowest BCUT2D eigenvalue weighted by Crippen LogP contribution is -2.11. The zero-order valence-corrected chi connectivity index (χ0v) is 10.7. The first kappa shape index (κ1) is 15.6. The Balaban J connectivity index is 2.55. The van der Waals surface area contributed by atoms with Crippen molar-refractivity contribution in [3.63, 3.8) is 0 Å². The van der Waals surface area contributed by atoms with Crippen molar-refractivity contribution in [3.05, 3.63) is 46.9 Å². The summed E-state index contributed by atoms with van der Waals surface area (Å²) in [6, 6.07) is 4.73. The predicted octanol–water partition coefficient (Wildman–Crippen LogP) is 4.83. The van der Waals surface area contributed by atoms with Gasteiger partial charge in [0, 0.05) is 11.6 Å². The molecule has 2 nitrogen and oxygen atoms in total. The molecule has 112 valence electrons. The van der Waals surface area contributed by atoms with Gasteiger partial charge in [0.05, 0.1) is 11.3 Å². The lowest BCUT2D eigenvalue weighted by atomic mass is 10.1. The SMILES string of the molecule is FC(F)(F)c1cccc(-c2cc(Cl)nc(C(F)(F)F)n2)c1. The van der Waals surface area contributed by atoms with E-state index in [0.717, 1.165) is 18.2 Å². The highest BCUT2D eigenvalue weighted by molar-refractivity contribution is 6.29. The van der Waals surface area contributed by atoms with Crippen LogP contribution in [0.25, 0.3) is 11.3 Å². The molecule has 0 aliphatic rings. The van der Waals surface area contributed by atoms with Gasteiger partial charge in [0.1, 0.15) is 5.15 Å². The van der Waals surface area contributed by atoms with Gasteiger partial charge in [-0.25, -0.2) is 9.97 Å². The van der Waals surface area contributed by atoms with Crippen molar-refractivity contribution in [1.29, 1.82) is 0 Å². The minimum absolute atomic E-state index is 0.139. The molecule has 2 rings (SSSR count). The highest BCUT2D eigenvalue weighted by Gasteiger charge is 2.35. The molecule has 21 heavy (non-hydrogen) atoms. The third-order valence-corrected chi connectivity index (χ3v) is 2.63. The van der Waals surface area contributed by atoms with Crippen molar-refractivity contribution < 1.29 is 26.3 Å². The second kappa shape index (κ2) is 5.18. The van der Waals surface area contributed by atoms with Crippen molar-refractivity contribution in [1.82, 2.24) is 9.97 Å². The van der Waals surface area contributed by atoms with Gasteiger partial charge < -0.3 is 0 Å². The number of benzene rings is 1. The Labute approximate surface area is 119 Å². The summed E-state index contributed by atoms with van der Waals surface area (Å²) in [5.74, 6) is -1.51. The summed E-state index contributed by atoms with van der Waals surface area (Å²) < 4.78 is 75.5. The van der Waals surface area contributed by atoms with Gasteiger partial charge in [0.15, 0.2) is 0 Å². The van der Waals surface area contributed by atoms with E-state index in [9.17, 15) is 26.3 Å². The molecule has 0 fully saturated rings. The Hall–Kier alpha value is -1.83. The van der Waals surface area contributed by atoms with Gasteiger partial charge in [-0.05, 0) is 12.1 Å². The van der Waals surface area contributed by atoms with E-state index in [4.69, 9.17) is 11.6 Å². The van der Waals surface area contributed by atoms with Gasteiger partial charge in [-0.2, -0.15) is 26.3 Å². The molecule has 0 N–H and O–H groups in total. The summed E-state index contributed by atoms with van der Waals surface area (Å²) in [5, 5.41) is -0.510. The minimum Gasteiger partial charge on any atom is -0.224 e. The maximum absolute atomic E-state index is 12.6. The predicted molar refractivity (Wildman–Crippen MR) is 62.5 cm³/mol. The second-order valence-corrected chi connectivity index (χ2v) is 4.36. The molecule has 1 aromatic heterocycles. The molecular weight excluding hydrogens is 322 g/mol. The molecule has 1 aromatic carbocycles. The quantitative estimate of drug-likeness (QED) is 0.554. The van der Waals surface area contributed by atoms with Gasteiger partial charge in [-0.1, -0.05) is 23.7 Å². The molecule has 0 amide bonds. The van der Waals surface area contributed by atoms with Crippen LogP contribution in [0.3, 0.4) is 0 Å². The molecule has 0 bridgehead atoms. The van der Waals surface area contributed by atoms with Gasteiger partial charge in [-0.15, -0.1) is 0 Å². The third kappa shape index (κ3) is 3.63. The van der Waals surface area contributed by atoms with Crippen LogP contribution in [-0.2, 0) is 12.4 Å². The van der Waals surface area contributed by atoms with Crippen LogP contribution in [0.1, 0.15) is 11.4 Å². The molecule has 0 spiro atoms. The second-order valence-electron chi connectivity index (χ2n) is 3.98. The van der Waals surface area contributed by atoms with E-state index in [1.54, 1.807) is 0 Å². The van der Waals surface area contributed by atoms with Crippen LogP contribution in [0, 0.1) is 0 Å². The van der Waals surface area contributed by atoms with E-state index in [2.05, 4.69) is 9.97 Å². The van der Waals surface area contributed by atoms with Crippen LogP contribution >= 0.6 is 11.6 Å². The molecule has 0 aliphatic carbocycles. The molecule has 9 heteroatoms. The smallest absolute Gasteiger partial charge is 0.224 e. The molecule has 0 saturated carbocycles. The van der Waals surface area contributed by atoms with Crippen molar-refractivity contribution >= 4 is 11.6 Å². The number of alkyl halides is 6. The summed E-state index contributed by atoms with van der Waals surface area (Å²) in [6.45, 7) is 0. The molecule has 0 atom stereocenters. The van der Waals surface area contributed by atoms with Crippen molar-refractivity contribution in [2.24, 2.45) is 0 Å². The van der Waals surface area contributed by atoms with Crippen LogP contribution in [0.5, 0.6) is 0 Å². The van der Waals surface area contributed by atoms with Gasteiger partial charge >= 0.3 is 12.4 Å². The third-order valence-electron chi connectivity index (χ3n) is 2.43. The van der Waals surface area contributed by atoms with E-state index in [1.807, 2.05) is 0 Å². The molecule has 2 aromatic rings. The first-order chi connectivity index (χ1) is 9.57. The van der Waals surface area contributed by atoms with E-state index in [-0.39, 0.29) is 11.3 Å². The molecule has 1 heterocycles. The molecule has 0 radical (unpaired) electrons. The summed E-state index contributed by atoms with van der Waals surface area (Å²) >= 11 is 5.46. The Morgan fingerprint density at radius 1 is 0.857 bits per heavy atom. The number of aromatic nitrogens is 2. The zero-order chi connectivity index (χ0) is 15.8. The molecule has 0 unspecified atom stereocenters. The number of rotatable bonds is 1. The normalized spacial score (nSPS) is 12.5. The van der Waals surface area contributed by atoms with Crippen LogP contribution < -0.4 is 0 Å². The van der Waals surface area contributed by atoms with Crippen LogP contribution in [0.4, 0.5) is 26.3 Å². The summed E-state index contributed by atoms with van der Waals surface area (Å²) in [7, 11) is 0. The van der Waals surface area contributed by atoms with Gasteiger partial charge in [0.2, 0.25) is 5.82 Å². The average Bonchev–Trinajstić information content (AvgIpc) is 2.36. The van der Waals surface area contributed by atoms with E-state index >= 15 is 0 Å². The standard InChI is InChI=1S/C12H5ClF6N2/c13-9-5-8(20-10(21-9)12(17,18)19)6-2-1-3-7(4-6)11(14,15)16/h1-5H. The molecular formula is C12H5ClF6N2. The fourth-order valence-corrected chi connectivity index (χ4v) is 1.73. The van der Waals surface area contributed by atoms with E-state index < -0.39 is 28.9 Å². The topological polar surface area (TPSA) is 25.8 Å². The summed E-state index contributed by atoms with van der Waals surface area (Å²) in [5.41, 5.74) is -1.48. The Morgan fingerprint density at radius 3 is 2.10 bits per heavy atom. The lowest BCUT2D eigenvalue weighted by molar-refractivity contribution is -0.145. The van der Waals surface area contributed by atoms with Crippen molar-refractivity contribution in [2.45, 2.75) is 12.4 Å². The van der Waals surface area contributed by atoms with E-state index in [1.165, 1.54) is 6.07 Å². The average molecular weight is 327 g/mol. The summed E-state index contributed by atoms with van der Waals surface area (Å²) in [6.07, 6.45) is -9.46. The highest BCUT2D eigenvalue weighted by atomic mass is 35.5. The number of hydrogen-bond donors (Lipinski definition) is 0. The largest absolute Gasteiger partial charge is 0.451 e. The highest BCUT2D eigenvalue weighted by Crippen LogP contribution is 2.33. The first-order valence-corrected chi connectivity index (χ1v) is 5.74. The Bertz CT molecular complexity index is 666. The minimum atomic E-state index is -4.85. The van der Waals surface area contributed by atoms with Crippen molar-refractivity contribution in [3.8, 4) is 11.3 Å². The molecule has 0 saturated heterocycles. The first-order valence-electron chi connectivity index (χ1n) is 5.37. The van der Waals surface area contributed by atoms with Crippen molar-refractivity contribution in [2.75, 3.05) is 0 Å². The number of nitrogens with zero attached hydrogens (tertiary/aromatic N) is 2. The summed E-state index contributed by atoms with van der Waals surface area (Å²) in [4.78, 5) is 6.22. The maximum Gasteiger partial charge on any atom is 0.451 e. The maximum atomic E-state index is 12.6. The number of hydrogen-bond acceptors (Lipinski definition) is 2. The van der Waals surface area contributed by atoms with Crippen LogP contribution in [-0.4, -0.2) is 9.97 Å². The van der Waals surface area contributed by atoms with Crippen LogP contribution in [0.2, 0.25) is 5.15 Å². The lowest BCUT2D eigenvalue weighted by Gasteiger charge is -2.10. The van der Waals surface area contributed by atoms with Gasteiger partial charge in [0.25, 0.3) is 0 Å². The zero-order valence-electron chi connectivity index (χ0n) is 9.93. The fraction of sp³-hybridized carbons (Fsp3) is 0.167. The van der Waals surface area contributed by atoms with Crippen LogP contribution in [0.15, 0.2) is 30.3 Å². The van der Waals surface area contributed by atoms with Gasteiger partial charge in [-0.3, -0.25) is 0 Å². The molecule has 0 aliphatic heterocycles. The van der Waals surface area contributed by atoms with E-state index in [0.29, 0.717) is 6.07 Å². The Morgan fingerprint density at radius 2 is 1.52 bits per heavy atom. The Kier molecular flexibility index (Phi) is 3.83. The number of halogens is 7.